The second-order valence-corrected chi connectivity index (χ2v) is 9.52. The van der Waals surface area contributed by atoms with Crippen LogP contribution in [0, 0.1) is 18.6 Å². The van der Waals surface area contributed by atoms with Crippen LogP contribution in [-0.4, -0.2) is 53.8 Å². The Morgan fingerprint density at radius 3 is 2.67 bits per heavy atom. The van der Waals surface area contributed by atoms with Gasteiger partial charge < -0.3 is 9.64 Å². The molecule has 2 aromatic carbocycles. The largest absolute Gasteiger partial charge is 0.368 e. The van der Waals surface area contributed by atoms with E-state index in [2.05, 4.69) is 4.72 Å². The van der Waals surface area contributed by atoms with Gasteiger partial charge in [-0.2, -0.15) is 0 Å². The molecule has 1 N–H and O–H groups in total. The van der Waals surface area contributed by atoms with Gasteiger partial charge in [-0.05, 0) is 42.2 Å². The van der Waals surface area contributed by atoms with Gasteiger partial charge in [-0.25, -0.2) is 17.6 Å². The Kier molecular flexibility index (Phi) is 7.02. The Morgan fingerprint density at radius 2 is 2.03 bits per heavy atom. The Morgan fingerprint density at radius 1 is 1.27 bits per heavy atom. The monoisotopic (exact) mass is 482 g/mol. The molecule has 3 atom stereocenters. The van der Waals surface area contributed by atoms with Crippen molar-refractivity contribution in [2.75, 3.05) is 18.9 Å². The molecule has 0 radical (unpaired) electrons. The number of hydrogen-bond donors (Lipinski definition) is 1. The summed E-state index contributed by atoms with van der Waals surface area (Å²) in [6.07, 6.45) is -0.321. The minimum Gasteiger partial charge on any atom is -0.368 e. The first-order valence-electron chi connectivity index (χ1n) is 10.9. The molecule has 1 amide bonds. The third-order valence-corrected chi connectivity index (χ3v) is 6.92. The van der Waals surface area contributed by atoms with Crippen LogP contribution in [0.4, 0.5) is 17.6 Å². The maximum atomic E-state index is 15.5. The summed E-state index contributed by atoms with van der Waals surface area (Å²) >= 11 is 1.14. The molecule has 2 aliphatic heterocycles. The van der Waals surface area contributed by atoms with Crippen molar-refractivity contribution in [1.29, 1.82) is 0 Å². The fraction of sp³-hybridized carbons (Fsp3) is 0.458. The van der Waals surface area contributed by atoms with Crippen LogP contribution in [-0.2, 0) is 16.0 Å². The maximum Gasteiger partial charge on any atom is 0.283 e. The predicted octanol–water partition coefficient (Wildman–Crippen LogP) is 4.74. The standard InChI is InChI=1S/C24H26F4N2O2S/c1-3-33-29-22-19(30(13-24(22,27)28)23(31)20-9-10-32-20)12-16-5-4-6-17(21(16)26)15-7-8-18(25)14(2)11-15/h4-8,11,19-20,22,29H,3,9-10,12-13H2,1-2H3. The molecule has 2 fully saturated rings. The molecule has 0 spiro atoms. The van der Waals surface area contributed by atoms with Gasteiger partial charge in [0.05, 0.1) is 19.2 Å². The van der Waals surface area contributed by atoms with Crippen molar-refractivity contribution in [3.8, 4) is 11.1 Å². The highest BCUT2D eigenvalue weighted by molar-refractivity contribution is 7.97. The fourth-order valence-corrected chi connectivity index (χ4v) is 5.00. The average Bonchev–Trinajstić information content (AvgIpc) is 2.98. The van der Waals surface area contributed by atoms with Gasteiger partial charge in [-0.3, -0.25) is 9.52 Å². The fourth-order valence-electron chi connectivity index (χ4n) is 4.32. The summed E-state index contributed by atoms with van der Waals surface area (Å²) in [7, 11) is 0. The number of alkyl halides is 2. The molecule has 2 aromatic rings. The first-order chi connectivity index (χ1) is 15.7. The van der Waals surface area contributed by atoms with E-state index in [9.17, 15) is 18.0 Å². The Hall–Kier alpha value is -2.10. The number of carbonyl (C=O) groups excluding carboxylic acids is 1. The van der Waals surface area contributed by atoms with E-state index in [4.69, 9.17) is 4.74 Å². The number of amides is 1. The molecule has 2 heterocycles. The summed E-state index contributed by atoms with van der Waals surface area (Å²) in [5, 5.41) is 0. The van der Waals surface area contributed by atoms with Gasteiger partial charge in [0.1, 0.15) is 23.8 Å². The first-order valence-corrected chi connectivity index (χ1v) is 11.9. The van der Waals surface area contributed by atoms with Crippen LogP contribution in [0.3, 0.4) is 0 Å². The van der Waals surface area contributed by atoms with Gasteiger partial charge in [0.25, 0.3) is 11.8 Å². The van der Waals surface area contributed by atoms with E-state index < -0.39 is 48.2 Å². The lowest BCUT2D eigenvalue weighted by atomic mass is 9.94. The average molecular weight is 483 g/mol. The van der Waals surface area contributed by atoms with E-state index in [1.54, 1.807) is 25.1 Å². The molecule has 33 heavy (non-hydrogen) atoms. The summed E-state index contributed by atoms with van der Waals surface area (Å²) in [6.45, 7) is 3.11. The topological polar surface area (TPSA) is 41.6 Å². The maximum absolute atomic E-state index is 15.5. The third kappa shape index (κ3) is 4.76. The van der Waals surface area contributed by atoms with Gasteiger partial charge in [-0.1, -0.05) is 43.1 Å². The highest BCUT2D eigenvalue weighted by Gasteiger charge is 2.57. The summed E-state index contributed by atoms with van der Waals surface area (Å²) in [5.74, 6) is -4.05. The summed E-state index contributed by atoms with van der Waals surface area (Å²) in [4.78, 5) is 14.0. The molecule has 178 valence electrons. The van der Waals surface area contributed by atoms with Gasteiger partial charge in [0.15, 0.2) is 0 Å². The van der Waals surface area contributed by atoms with Crippen molar-refractivity contribution >= 4 is 17.9 Å². The van der Waals surface area contributed by atoms with E-state index in [0.29, 0.717) is 29.9 Å². The zero-order valence-corrected chi connectivity index (χ0v) is 19.2. The van der Waals surface area contributed by atoms with Crippen molar-refractivity contribution in [3.05, 3.63) is 59.2 Å². The summed E-state index contributed by atoms with van der Waals surface area (Å²) < 4.78 is 67.2. The molecule has 2 aliphatic rings. The number of benzene rings is 2. The summed E-state index contributed by atoms with van der Waals surface area (Å²) in [6, 6.07) is 6.78. The van der Waals surface area contributed by atoms with Crippen LogP contribution < -0.4 is 4.72 Å². The Balaban J connectivity index is 1.67. The number of carbonyl (C=O) groups is 1. The van der Waals surface area contributed by atoms with Crippen molar-refractivity contribution < 1.29 is 27.1 Å². The minimum absolute atomic E-state index is 0.0875. The van der Waals surface area contributed by atoms with Crippen molar-refractivity contribution in [1.82, 2.24) is 9.62 Å². The van der Waals surface area contributed by atoms with Crippen LogP contribution in [0.5, 0.6) is 0 Å². The second-order valence-electron chi connectivity index (χ2n) is 8.42. The van der Waals surface area contributed by atoms with Crippen molar-refractivity contribution in [2.24, 2.45) is 0 Å². The number of halogens is 4. The third-order valence-electron chi connectivity index (χ3n) is 6.21. The molecule has 9 heteroatoms. The SMILES string of the molecule is CCSNC1C(Cc2cccc(-c3ccc(F)c(C)c3)c2F)N(C(=O)C2CCO2)CC1(F)F. The molecule has 4 nitrogen and oxygen atoms in total. The quantitative estimate of drug-likeness (QED) is 0.457. The van der Waals surface area contributed by atoms with E-state index in [-0.39, 0.29) is 17.5 Å². The zero-order chi connectivity index (χ0) is 23.8. The van der Waals surface area contributed by atoms with Crippen LogP contribution in [0.25, 0.3) is 11.1 Å². The van der Waals surface area contributed by atoms with Crippen LogP contribution >= 0.6 is 11.9 Å². The normalized spacial score (nSPS) is 24.1. The zero-order valence-electron chi connectivity index (χ0n) is 18.4. The van der Waals surface area contributed by atoms with Crippen LogP contribution in [0.1, 0.15) is 24.5 Å². The number of rotatable bonds is 7. The van der Waals surface area contributed by atoms with Gasteiger partial charge in [-0.15, -0.1) is 0 Å². The van der Waals surface area contributed by atoms with Crippen LogP contribution in [0.2, 0.25) is 0 Å². The second kappa shape index (κ2) is 9.64. The molecular formula is C24H26F4N2O2S. The summed E-state index contributed by atoms with van der Waals surface area (Å²) in [5.41, 5.74) is 1.36. The van der Waals surface area contributed by atoms with E-state index in [1.165, 1.54) is 18.2 Å². The Bertz CT molecular complexity index is 1030. The Labute approximate surface area is 194 Å². The number of aryl methyl sites for hydroxylation is 1. The highest BCUT2D eigenvalue weighted by atomic mass is 32.2. The van der Waals surface area contributed by atoms with Crippen molar-refractivity contribution in [2.45, 2.75) is 50.8 Å². The number of hydrogen-bond acceptors (Lipinski definition) is 4. The van der Waals surface area contributed by atoms with E-state index in [1.807, 2.05) is 6.92 Å². The van der Waals surface area contributed by atoms with Gasteiger partial charge in [0.2, 0.25) is 0 Å². The molecule has 0 bridgehead atoms. The van der Waals surface area contributed by atoms with Gasteiger partial charge in [0, 0.05) is 17.7 Å². The van der Waals surface area contributed by atoms with E-state index >= 15 is 4.39 Å². The van der Waals surface area contributed by atoms with Crippen LogP contribution in [0.15, 0.2) is 36.4 Å². The lowest BCUT2D eigenvalue weighted by Gasteiger charge is -2.34. The van der Waals surface area contributed by atoms with Crippen molar-refractivity contribution in [3.63, 3.8) is 0 Å². The number of likely N-dealkylation sites (tertiary alicyclic amines) is 1. The lowest BCUT2D eigenvalue weighted by molar-refractivity contribution is -0.158. The number of nitrogens with one attached hydrogen (secondary N) is 1. The molecule has 4 rings (SSSR count). The lowest BCUT2D eigenvalue weighted by Crippen LogP contribution is -2.51. The molecular weight excluding hydrogens is 456 g/mol. The molecule has 3 unspecified atom stereocenters. The smallest absolute Gasteiger partial charge is 0.283 e. The molecule has 0 aliphatic carbocycles. The molecule has 2 saturated heterocycles. The number of nitrogens with zero attached hydrogens (tertiary/aromatic N) is 1. The number of ether oxygens (including phenoxy) is 1. The highest BCUT2D eigenvalue weighted by Crippen LogP contribution is 2.38. The minimum atomic E-state index is -3.17. The first kappa shape index (κ1) is 24.0. The molecule has 0 aromatic heterocycles. The van der Waals surface area contributed by atoms with E-state index in [0.717, 1.165) is 16.8 Å². The van der Waals surface area contributed by atoms with Gasteiger partial charge >= 0.3 is 0 Å². The predicted molar refractivity (Wildman–Crippen MR) is 120 cm³/mol. The molecule has 0 saturated carbocycles.